The van der Waals surface area contributed by atoms with Gasteiger partial charge in [0.25, 0.3) is 10.1 Å². The molecule has 0 aliphatic carbocycles. The van der Waals surface area contributed by atoms with Crippen molar-refractivity contribution in [3.8, 4) is 0 Å². The second-order valence-electron chi connectivity index (χ2n) is 10.2. The van der Waals surface area contributed by atoms with Gasteiger partial charge in [0.1, 0.15) is 12.4 Å². The number of unbranched alkanes of at least 4 members (excludes halogenated alkanes) is 1. The molecule has 0 saturated carbocycles. The van der Waals surface area contributed by atoms with Gasteiger partial charge in [-0.2, -0.15) is 8.42 Å². The molecule has 7 heteroatoms. The third-order valence-electron chi connectivity index (χ3n) is 7.19. The van der Waals surface area contributed by atoms with Crippen LogP contribution in [0.4, 0.5) is 0 Å². The predicted molar refractivity (Wildman–Crippen MR) is 165 cm³/mol. The minimum absolute atomic E-state index is 0.0280. The van der Waals surface area contributed by atoms with Crippen molar-refractivity contribution in [1.29, 1.82) is 0 Å². The molecular formula is C35H40O6S. The van der Waals surface area contributed by atoms with Crippen LogP contribution < -0.4 is 0 Å². The Morgan fingerprint density at radius 2 is 1.19 bits per heavy atom. The summed E-state index contributed by atoms with van der Waals surface area (Å²) in [5.74, 6) is 0. The Morgan fingerprint density at radius 1 is 0.667 bits per heavy atom. The van der Waals surface area contributed by atoms with Gasteiger partial charge < -0.3 is 14.2 Å². The number of benzene rings is 4. The number of hydrogen-bond donors (Lipinski definition) is 0. The van der Waals surface area contributed by atoms with E-state index in [9.17, 15) is 8.42 Å². The van der Waals surface area contributed by atoms with Crippen LogP contribution in [0.1, 0.15) is 47.9 Å². The Balaban J connectivity index is 1.39. The average molecular weight is 589 g/mol. The lowest BCUT2D eigenvalue weighted by Crippen LogP contribution is -2.33. The predicted octanol–water partition coefficient (Wildman–Crippen LogP) is 7.26. The highest BCUT2D eigenvalue weighted by atomic mass is 32.2. The van der Waals surface area contributed by atoms with Gasteiger partial charge in [0.2, 0.25) is 0 Å². The summed E-state index contributed by atoms with van der Waals surface area (Å²) in [6.45, 7) is 2.59. The van der Waals surface area contributed by atoms with Crippen molar-refractivity contribution in [2.24, 2.45) is 0 Å². The summed E-state index contributed by atoms with van der Waals surface area (Å²) in [5.41, 5.74) is 3.43. The first kappa shape index (κ1) is 31.6. The van der Waals surface area contributed by atoms with Crippen molar-refractivity contribution < 1.29 is 26.8 Å². The van der Waals surface area contributed by atoms with E-state index in [1.807, 2.05) is 61.5 Å². The number of aryl methyl sites for hydroxylation is 1. The Kier molecular flexibility index (Phi) is 11.9. The van der Waals surface area contributed by atoms with Crippen molar-refractivity contribution in [3.05, 3.63) is 138 Å². The van der Waals surface area contributed by atoms with Crippen molar-refractivity contribution in [3.63, 3.8) is 0 Å². The highest BCUT2D eigenvalue weighted by Gasteiger charge is 2.37. The van der Waals surface area contributed by atoms with Crippen molar-refractivity contribution >= 4 is 10.1 Å². The molecule has 0 aromatic heterocycles. The Bertz CT molecular complexity index is 1330. The van der Waals surface area contributed by atoms with Crippen LogP contribution in [0.2, 0.25) is 0 Å². The highest BCUT2D eigenvalue weighted by molar-refractivity contribution is 7.86. The first-order chi connectivity index (χ1) is 20.5. The minimum Gasteiger partial charge on any atom is -0.361 e. The normalized spacial score (nSPS) is 12.7. The Labute approximate surface area is 250 Å². The van der Waals surface area contributed by atoms with Gasteiger partial charge in [0.15, 0.2) is 0 Å². The summed E-state index contributed by atoms with van der Waals surface area (Å²) in [6, 6.07) is 37.6. The quantitative estimate of drug-likeness (QED) is 0.0560. The summed E-state index contributed by atoms with van der Waals surface area (Å²) >= 11 is 0. The smallest absolute Gasteiger partial charge is 0.296 e. The van der Waals surface area contributed by atoms with Crippen LogP contribution in [0.3, 0.4) is 0 Å². The largest absolute Gasteiger partial charge is 0.361 e. The summed E-state index contributed by atoms with van der Waals surface area (Å²) in [4.78, 5) is 0.151. The van der Waals surface area contributed by atoms with Crippen LogP contribution in [-0.2, 0) is 34.1 Å². The van der Waals surface area contributed by atoms with E-state index < -0.39 is 15.7 Å². The zero-order valence-corrected chi connectivity index (χ0v) is 25.2. The lowest BCUT2D eigenvalue weighted by molar-refractivity contribution is -0.0802. The number of hydrogen-bond acceptors (Lipinski definition) is 6. The monoisotopic (exact) mass is 588 g/mol. The lowest BCUT2D eigenvalue weighted by atomic mass is 9.80. The Hall–Kier alpha value is -3.33. The third-order valence-corrected chi connectivity index (χ3v) is 8.52. The van der Waals surface area contributed by atoms with Crippen LogP contribution >= 0.6 is 0 Å². The first-order valence-corrected chi connectivity index (χ1v) is 15.7. The standard InChI is InChI=1S/C35H40O6S/c1-29-21-23-34(24-22-29)42(36,37)41-27-25-33(39-28-38-2)20-12-13-26-40-35(30-14-6-3-7-15-30,31-16-8-4-9-17-31)32-18-10-5-11-19-32/h3-11,14-19,21-24,33H,12-13,20,25-28H2,1-2H3/t33-/m1/s1. The minimum atomic E-state index is -3.82. The SMILES string of the molecule is COCO[C@H](CCCCOC(c1ccccc1)(c1ccccc1)c1ccccc1)CCOS(=O)(=O)c1ccc(C)cc1. The topological polar surface area (TPSA) is 71.1 Å². The molecule has 0 heterocycles. The zero-order valence-electron chi connectivity index (χ0n) is 24.4. The molecule has 4 aromatic rings. The van der Waals surface area contributed by atoms with Crippen LogP contribution in [0.25, 0.3) is 0 Å². The number of methoxy groups -OCH3 is 1. The molecule has 0 fully saturated rings. The van der Waals surface area contributed by atoms with Gasteiger partial charge in [-0.1, -0.05) is 109 Å². The molecule has 6 nitrogen and oxygen atoms in total. The van der Waals surface area contributed by atoms with Gasteiger partial charge in [0, 0.05) is 13.7 Å². The van der Waals surface area contributed by atoms with Gasteiger partial charge in [-0.25, -0.2) is 0 Å². The fraction of sp³-hybridized carbons (Fsp3) is 0.314. The van der Waals surface area contributed by atoms with E-state index in [0.717, 1.165) is 41.5 Å². The van der Waals surface area contributed by atoms with Crippen LogP contribution in [-0.4, -0.2) is 41.6 Å². The molecule has 0 aliphatic heterocycles. The molecule has 0 aliphatic rings. The van der Waals surface area contributed by atoms with Crippen molar-refractivity contribution in [1.82, 2.24) is 0 Å². The second kappa shape index (κ2) is 15.8. The van der Waals surface area contributed by atoms with Crippen molar-refractivity contribution in [2.75, 3.05) is 27.1 Å². The van der Waals surface area contributed by atoms with E-state index in [2.05, 4.69) is 36.4 Å². The van der Waals surface area contributed by atoms with Crippen LogP contribution in [0.15, 0.2) is 120 Å². The zero-order chi connectivity index (χ0) is 29.7. The summed E-state index contributed by atoms with van der Waals surface area (Å²) in [7, 11) is -2.26. The van der Waals surface area contributed by atoms with E-state index in [4.69, 9.17) is 18.4 Å². The molecule has 0 bridgehead atoms. The lowest BCUT2D eigenvalue weighted by Gasteiger charge is -2.36. The molecule has 0 unspecified atom stereocenters. The molecule has 42 heavy (non-hydrogen) atoms. The third kappa shape index (κ3) is 8.37. The van der Waals surface area contributed by atoms with E-state index in [1.54, 1.807) is 31.4 Å². The summed E-state index contributed by atoms with van der Waals surface area (Å²) in [5, 5.41) is 0. The molecule has 4 rings (SSSR count). The molecule has 0 saturated heterocycles. The van der Waals surface area contributed by atoms with E-state index in [0.29, 0.717) is 13.0 Å². The average Bonchev–Trinajstić information content (AvgIpc) is 3.03. The fourth-order valence-electron chi connectivity index (χ4n) is 5.01. The summed E-state index contributed by atoms with van der Waals surface area (Å²) in [6.07, 6.45) is 2.56. The molecule has 4 aromatic carbocycles. The molecular weight excluding hydrogens is 548 g/mol. The number of rotatable bonds is 17. The molecule has 0 N–H and O–H groups in total. The summed E-state index contributed by atoms with van der Waals surface area (Å²) < 4.78 is 48.3. The maximum Gasteiger partial charge on any atom is 0.296 e. The maximum atomic E-state index is 12.6. The van der Waals surface area contributed by atoms with E-state index in [1.165, 1.54) is 0 Å². The molecule has 0 radical (unpaired) electrons. The van der Waals surface area contributed by atoms with Gasteiger partial charge in [-0.3, -0.25) is 4.18 Å². The van der Waals surface area contributed by atoms with Gasteiger partial charge in [-0.05, 0) is 61.4 Å². The number of ether oxygens (including phenoxy) is 3. The molecule has 222 valence electrons. The Morgan fingerprint density at radius 3 is 1.69 bits per heavy atom. The molecule has 0 amide bonds. The first-order valence-electron chi connectivity index (χ1n) is 14.3. The van der Waals surface area contributed by atoms with Gasteiger partial charge >= 0.3 is 0 Å². The van der Waals surface area contributed by atoms with Gasteiger partial charge in [-0.15, -0.1) is 0 Å². The molecule has 0 spiro atoms. The maximum absolute atomic E-state index is 12.6. The van der Waals surface area contributed by atoms with Crippen LogP contribution in [0.5, 0.6) is 0 Å². The highest BCUT2D eigenvalue weighted by Crippen LogP contribution is 2.40. The van der Waals surface area contributed by atoms with E-state index >= 15 is 0 Å². The van der Waals surface area contributed by atoms with Gasteiger partial charge in [0.05, 0.1) is 17.6 Å². The van der Waals surface area contributed by atoms with E-state index in [-0.39, 0.29) is 24.4 Å². The second-order valence-corrected chi connectivity index (χ2v) is 11.8. The molecule has 1 atom stereocenters. The van der Waals surface area contributed by atoms with Crippen molar-refractivity contribution in [2.45, 2.75) is 49.2 Å². The fourth-order valence-corrected chi connectivity index (χ4v) is 5.93. The van der Waals surface area contributed by atoms with Crippen LogP contribution in [0, 0.1) is 6.92 Å².